The standard InChI is InChI=1S/C9H15N3O4/c1-9(2)8(11-15)16-5(6(13)10-3)7(14)12(9)4/h5,15H,1-4H3,(H,10,13). The van der Waals surface area contributed by atoms with Crippen LogP contribution in [0.5, 0.6) is 0 Å². The van der Waals surface area contributed by atoms with Gasteiger partial charge in [-0.1, -0.05) is 5.16 Å². The van der Waals surface area contributed by atoms with Gasteiger partial charge in [0.2, 0.25) is 0 Å². The lowest BCUT2D eigenvalue weighted by atomic mass is 9.99. The van der Waals surface area contributed by atoms with E-state index in [0.29, 0.717) is 0 Å². The molecule has 0 aromatic carbocycles. The first-order valence-corrected chi connectivity index (χ1v) is 4.74. The first-order valence-electron chi connectivity index (χ1n) is 4.74. The lowest BCUT2D eigenvalue weighted by molar-refractivity contribution is -0.153. The molecule has 1 aliphatic rings. The maximum Gasteiger partial charge on any atom is 0.274 e. The van der Waals surface area contributed by atoms with Crippen molar-refractivity contribution >= 4 is 17.7 Å². The molecule has 7 heteroatoms. The number of carbonyl (C=O) groups is 2. The number of rotatable bonds is 1. The predicted molar refractivity (Wildman–Crippen MR) is 55.0 cm³/mol. The molecule has 0 aromatic heterocycles. The zero-order valence-corrected chi connectivity index (χ0v) is 9.64. The minimum Gasteiger partial charge on any atom is -0.453 e. The molecule has 1 unspecified atom stereocenters. The van der Waals surface area contributed by atoms with E-state index in [1.54, 1.807) is 13.8 Å². The highest BCUT2D eigenvalue weighted by atomic mass is 16.5. The number of carbonyl (C=O) groups excluding carboxylic acids is 2. The van der Waals surface area contributed by atoms with E-state index in [4.69, 9.17) is 9.94 Å². The largest absolute Gasteiger partial charge is 0.453 e. The van der Waals surface area contributed by atoms with Crippen LogP contribution in [0.2, 0.25) is 0 Å². The summed E-state index contributed by atoms with van der Waals surface area (Å²) in [5.74, 6) is -1.12. The Morgan fingerprint density at radius 2 is 2.19 bits per heavy atom. The van der Waals surface area contributed by atoms with Gasteiger partial charge in [0.05, 0.1) is 0 Å². The van der Waals surface area contributed by atoms with E-state index in [1.165, 1.54) is 19.0 Å². The van der Waals surface area contributed by atoms with Crippen molar-refractivity contribution in [2.45, 2.75) is 25.5 Å². The van der Waals surface area contributed by atoms with Crippen molar-refractivity contribution in [3.63, 3.8) is 0 Å². The SMILES string of the molecule is CNC(=O)C1OC(=NO)C(C)(C)N(C)C1=O. The average Bonchev–Trinajstić information content (AvgIpc) is 2.25. The molecule has 0 aliphatic carbocycles. The van der Waals surface area contributed by atoms with Gasteiger partial charge in [-0.15, -0.1) is 0 Å². The first-order chi connectivity index (χ1) is 7.36. The molecule has 1 saturated heterocycles. The van der Waals surface area contributed by atoms with Gasteiger partial charge in [-0.25, -0.2) is 0 Å². The number of hydrogen-bond acceptors (Lipinski definition) is 5. The quantitative estimate of drug-likeness (QED) is 0.348. The Balaban J connectivity index is 3.07. The van der Waals surface area contributed by atoms with Gasteiger partial charge in [0.25, 0.3) is 23.8 Å². The highest BCUT2D eigenvalue weighted by Gasteiger charge is 2.47. The summed E-state index contributed by atoms with van der Waals surface area (Å²) in [7, 11) is 2.92. The van der Waals surface area contributed by atoms with Crippen LogP contribution in [-0.4, -0.2) is 53.6 Å². The molecule has 1 atom stereocenters. The predicted octanol–water partition coefficient (Wildman–Crippen LogP) is -0.844. The molecular weight excluding hydrogens is 214 g/mol. The normalized spacial score (nSPS) is 26.5. The Kier molecular flexibility index (Phi) is 3.06. The van der Waals surface area contributed by atoms with Crippen molar-refractivity contribution in [2.24, 2.45) is 5.16 Å². The lowest BCUT2D eigenvalue weighted by Crippen LogP contribution is -2.63. The zero-order valence-electron chi connectivity index (χ0n) is 9.64. The van der Waals surface area contributed by atoms with Crippen LogP contribution >= 0.6 is 0 Å². The second-order valence-corrected chi connectivity index (χ2v) is 3.97. The van der Waals surface area contributed by atoms with Crippen molar-refractivity contribution in [3.05, 3.63) is 0 Å². The Bertz CT molecular complexity index is 351. The molecule has 7 nitrogen and oxygen atoms in total. The maximum atomic E-state index is 11.8. The second-order valence-electron chi connectivity index (χ2n) is 3.97. The van der Waals surface area contributed by atoms with E-state index in [1.807, 2.05) is 0 Å². The highest BCUT2D eigenvalue weighted by molar-refractivity contribution is 6.09. The topological polar surface area (TPSA) is 91.2 Å². The van der Waals surface area contributed by atoms with Crippen molar-refractivity contribution in [1.82, 2.24) is 10.2 Å². The van der Waals surface area contributed by atoms with Crippen LogP contribution in [-0.2, 0) is 14.3 Å². The molecule has 2 N–H and O–H groups in total. The molecule has 90 valence electrons. The molecule has 1 aliphatic heterocycles. The van der Waals surface area contributed by atoms with Crippen LogP contribution in [0.25, 0.3) is 0 Å². The minimum atomic E-state index is -1.30. The van der Waals surface area contributed by atoms with Crippen LogP contribution in [0.15, 0.2) is 5.16 Å². The van der Waals surface area contributed by atoms with E-state index in [0.717, 1.165) is 0 Å². The molecule has 16 heavy (non-hydrogen) atoms. The Morgan fingerprint density at radius 1 is 1.62 bits per heavy atom. The molecule has 2 amide bonds. The number of amides is 2. The molecule has 1 fully saturated rings. The summed E-state index contributed by atoms with van der Waals surface area (Å²) < 4.78 is 5.08. The third-order valence-electron chi connectivity index (χ3n) is 2.72. The zero-order chi connectivity index (χ0) is 12.5. The fourth-order valence-electron chi connectivity index (χ4n) is 1.34. The van der Waals surface area contributed by atoms with E-state index in [-0.39, 0.29) is 5.90 Å². The second kappa shape index (κ2) is 3.99. The molecule has 0 spiro atoms. The summed E-state index contributed by atoms with van der Waals surface area (Å²) in [6.07, 6.45) is -1.30. The van der Waals surface area contributed by atoms with Gasteiger partial charge in [0.1, 0.15) is 5.54 Å². The average molecular weight is 229 g/mol. The Labute approximate surface area is 93.0 Å². The molecule has 1 rings (SSSR count). The monoisotopic (exact) mass is 229 g/mol. The molecule has 0 saturated carbocycles. The van der Waals surface area contributed by atoms with E-state index < -0.39 is 23.5 Å². The number of nitrogens with zero attached hydrogens (tertiary/aromatic N) is 2. The molecule has 0 bridgehead atoms. The number of nitrogens with one attached hydrogen (secondary N) is 1. The first kappa shape index (κ1) is 12.3. The molecule has 1 heterocycles. The summed E-state index contributed by atoms with van der Waals surface area (Å²) in [6.45, 7) is 3.31. The van der Waals surface area contributed by atoms with Gasteiger partial charge in [-0.2, -0.15) is 0 Å². The lowest BCUT2D eigenvalue weighted by Gasteiger charge is -2.41. The molecule has 0 radical (unpaired) electrons. The van der Waals surface area contributed by atoms with Crippen molar-refractivity contribution in [1.29, 1.82) is 0 Å². The van der Waals surface area contributed by atoms with Crippen LogP contribution in [0.4, 0.5) is 0 Å². The van der Waals surface area contributed by atoms with Crippen molar-refractivity contribution < 1.29 is 19.5 Å². The number of oxime groups is 1. The maximum absolute atomic E-state index is 11.8. The van der Waals surface area contributed by atoms with E-state index in [9.17, 15) is 9.59 Å². The third-order valence-corrected chi connectivity index (χ3v) is 2.72. The Morgan fingerprint density at radius 3 is 2.62 bits per heavy atom. The van der Waals surface area contributed by atoms with Crippen molar-refractivity contribution in [3.8, 4) is 0 Å². The summed E-state index contributed by atoms with van der Waals surface area (Å²) >= 11 is 0. The summed E-state index contributed by atoms with van der Waals surface area (Å²) in [4.78, 5) is 24.5. The smallest absolute Gasteiger partial charge is 0.274 e. The van der Waals surface area contributed by atoms with E-state index in [2.05, 4.69) is 10.5 Å². The van der Waals surface area contributed by atoms with Gasteiger partial charge in [-0.3, -0.25) is 9.59 Å². The number of ether oxygens (including phenoxy) is 1. The Hall–Kier alpha value is -1.79. The third kappa shape index (κ3) is 1.68. The van der Waals surface area contributed by atoms with Crippen LogP contribution in [0.3, 0.4) is 0 Å². The minimum absolute atomic E-state index is 0.0665. The van der Waals surface area contributed by atoms with Gasteiger partial charge in [0.15, 0.2) is 0 Å². The summed E-state index contributed by atoms with van der Waals surface area (Å²) in [5.41, 5.74) is -0.879. The fraction of sp³-hybridized carbons (Fsp3) is 0.667. The van der Waals surface area contributed by atoms with Crippen LogP contribution in [0.1, 0.15) is 13.8 Å². The number of likely N-dealkylation sites (N-methyl/N-ethyl adjacent to an activating group) is 2. The van der Waals surface area contributed by atoms with Crippen LogP contribution in [0, 0.1) is 0 Å². The van der Waals surface area contributed by atoms with Gasteiger partial charge in [0, 0.05) is 14.1 Å². The molecular formula is C9H15N3O4. The fourth-order valence-corrected chi connectivity index (χ4v) is 1.34. The van der Waals surface area contributed by atoms with Gasteiger partial charge >= 0.3 is 0 Å². The molecule has 0 aromatic rings. The van der Waals surface area contributed by atoms with Crippen molar-refractivity contribution in [2.75, 3.05) is 14.1 Å². The van der Waals surface area contributed by atoms with Gasteiger partial charge < -0.3 is 20.2 Å². The number of hydrogen-bond donors (Lipinski definition) is 2. The van der Waals surface area contributed by atoms with E-state index >= 15 is 0 Å². The van der Waals surface area contributed by atoms with Crippen LogP contribution < -0.4 is 5.32 Å². The number of morpholine rings is 1. The summed E-state index contributed by atoms with van der Waals surface area (Å²) in [6, 6.07) is 0. The van der Waals surface area contributed by atoms with Gasteiger partial charge in [-0.05, 0) is 13.8 Å². The summed E-state index contributed by atoms with van der Waals surface area (Å²) in [5, 5.41) is 14.1. The highest BCUT2D eigenvalue weighted by Crippen LogP contribution is 2.23.